The molecule has 0 radical (unpaired) electrons. The number of hydrogen-bond donors (Lipinski definition) is 1. The van der Waals surface area contributed by atoms with Gasteiger partial charge in [-0.15, -0.1) is 0 Å². The smallest absolute Gasteiger partial charge is 0.341 e. The lowest BCUT2D eigenvalue weighted by molar-refractivity contribution is 0.0526. The molecule has 2 N–H and O–H groups in total. The second-order valence-electron chi connectivity index (χ2n) is 6.47. The highest BCUT2D eigenvalue weighted by Gasteiger charge is 2.23. The summed E-state index contributed by atoms with van der Waals surface area (Å²) in [5.74, 6) is -1.45. The molecule has 0 saturated heterocycles. The lowest BCUT2D eigenvalue weighted by atomic mass is 9.97. The standard InChI is InChI=1S/C21H20ClFN4O3/c1-3-16(24)14-6-7-15(22)18(19(14)23)20(28)12-5-8-17(25-9-12)27-11-13(10-26-27)21(29)30-4-2/h5-11,16H,3-4,24H2,1-2H3/t16-/m1/s1. The van der Waals surface area contributed by atoms with E-state index >= 15 is 0 Å². The average molecular weight is 431 g/mol. The summed E-state index contributed by atoms with van der Waals surface area (Å²) < 4.78 is 21.2. The van der Waals surface area contributed by atoms with Gasteiger partial charge in [0.2, 0.25) is 0 Å². The van der Waals surface area contributed by atoms with Crippen molar-refractivity contribution in [2.45, 2.75) is 26.3 Å². The number of pyridine rings is 1. The Labute approximate surface area is 177 Å². The molecular weight excluding hydrogens is 411 g/mol. The minimum atomic E-state index is -0.725. The van der Waals surface area contributed by atoms with Gasteiger partial charge in [0.25, 0.3) is 0 Å². The molecule has 0 fully saturated rings. The van der Waals surface area contributed by atoms with Crippen molar-refractivity contribution >= 4 is 23.4 Å². The lowest BCUT2D eigenvalue weighted by Gasteiger charge is -2.14. The van der Waals surface area contributed by atoms with E-state index < -0.39 is 23.6 Å². The van der Waals surface area contributed by atoms with Gasteiger partial charge in [0, 0.05) is 29.6 Å². The minimum absolute atomic E-state index is 0.000200. The number of ether oxygens (including phenoxy) is 1. The predicted octanol–water partition coefficient (Wildman–Crippen LogP) is 3.88. The van der Waals surface area contributed by atoms with Crippen molar-refractivity contribution in [2.24, 2.45) is 5.73 Å². The van der Waals surface area contributed by atoms with Crippen molar-refractivity contribution in [1.82, 2.24) is 14.8 Å². The zero-order valence-electron chi connectivity index (χ0n) is 16.4. The zero-order valence-corrected chi connectivity index (χ0v) is 17.2. The topological polar surface area (TPSA) is 100 Å². The van der Waals surface area contributed by atoms with Crippen LogP contribution < -0.4 is 5.73 Å². The molecule has 0 aliphatic heterocycles. The van der Waals surface area contributed by atoms with Crippen LogP contribution in [-0.4, -0.2) is 33.1 Å². The van der Waals surface area contributed by atoms with Crippen molar-refractivity contribution in [2.75, 3.05) is 6.61 Å². The quantitative estimate of drug-likeness (QED) is 0.451. The molecule has 0 spiro atoms. The fourth-order valence-electron chi connectivity index (χ4n) is 2.85. The van der Waals surface area contributed by atoms with Crippen LogP contribution >= 0.6 is 11.6 Å². The minimum Gasteiger partial charge on any atom is -0.462 e. The first-order valence-electron chi connectivity index (χ1n) is 9.33. The van der Waals surface area contributed by atoms with Gasteiger partial charge in [-0.1, -0.05) is 24.6 Å². The second-order valence-corrected chi connectivity index (χ2v) is 6.88. The van der Waals surface area contributed by atoms with Gasteiger partial charge in [0.1, 0.15) is 5.82 Å². The van der Waals surface area contributed by atoms with Gasteiger partial charge < -0.3 is 10.5 Å². The highest BCUT2D eigenvalue weighted by atomic mass is 35.5. The molecule has 3 rings (SSSR count). The first-order chi connectivity index (χ1) is 14.4. The molecule has 0 amide bonds. The van der Waals surface area contributed by atoms with Gasteiger partial charge in [-0.3, -0.25) is 4.79 Å². The largest absolute Gasteiger partial charge is 0.462 e. The molecule has 156 valence electrons. The molecule has 1 aromatic carbocycles. The number of aromatic nitrogens is 3. The third kappa shape index (κ3) is 4.24. The summed E-state index contributed by atoms with van der Waals surface area (Å²) >= 11 is 6.10. The summed E-state index contributed by atoms with van der Waals surface area (Å²) in [6.07, 6.45) is 4.63. The highest BCUT2D eigenvalue weighted by molar-refractivity contribution is 6.35. The third-order valence-electron chi connectivity index (χ3n) is 4.53. The Morgan fingerprint density at radius 2 is 1.97 bits per heavy atom. The Kier molecular flexibility index (Phi) is 6.59. The van der Waals surface area contributed by atoms with E-state index in [1.807, 2.05) is 6.92 Å². The van der Waals surface area contributed by atoms with Crippen LogP contribution in [0.5, 0.6) is 0 Å². The third-order valence-corrected chi connectivity index (χ3v) is 4.84. The summed E-state index contributed by atoms with van der Waals surface area (Å²) in [5.41, 5.74) is 6.35. The van der Waals surface area contributed by atoms with Gasteiger partial charge in [0.15, 0.2) is 11.6 Å². The van der Waals surface area contributed by atoms with E-state index in [-0.39, 0.29) is 33.9 Å². The van der Waals surface area contributed by atoms with Crippen molar-refractivity contribution in [3.8, 4) is 5.82 Å². The maximum absolute atomic E-state index is 14.9. The van der Waals surface area contributed by atoms with Gasteiger partial charge in [-0.25, -0.2) is 18.9 Å². The average Bonchev–Trinajstić information content (AvgIpc) is 3.24. The van der Waals surface area contributed by atoms with Crippen LogP contribution in [0.4, 0.5) is 4.39 Å². The number of carbonyl (C=O) groups excluding carboxylic acids is 2. The molecule has 2 aromatic heterocycles. The summed E-state index contributed by atoms with van der Waals surface area (Å²) in [6.45, 7) is 3.79. The van der Waals surface area contributed by atoms with Gasteiger partial charge in [-0.2, -0.15) is 5.10 Å². The lowest BCUT2D eigenvalue weighted by Crippen LogP contribution is -2.15. The van der Waals surface area contributed by atoms with Crippen LogP contribution in [0.1, 0.15) is 58.2 Å². The molecule has 1 atom stereocenters. The zero-order chi connectivity index (χ0) is 21.8. The van der Waals surface area contributed by atoms with Gasteiger partial charge in [-0.05, 0) is 31.5 Å². The number of nitrogens with two attached hydrogens (primary N) is 1. The second kappa shape index (κ2) is 9.15. The number of ketones is 1. The molecule has 0 unspecified atom stereocenters. The van der Waals surface area contributed by atoms with Crippen LogP contribution in [0.3, 0.4) is 0 Å². The SMILES string of the molecule is CCOC(=O)c1cnn(-c2ccc(C(=O)c3c(Cl)ccc([C@H](N)CC)c3F)cn2)c1. The van der Waals surface area contributed by atoms with Gasteiger partial charge in [0.05, 0.1) is 29.0 Å². The van der Waals surface area contributed by atoms with Crippen molar-refractivity contribution in [3.05, 3.63) is 75.9 Å². The van der Waals surface area contributed by atoms with E-state index in [0.29, 0.717) is 12.2 Å². The Morgan fingerprint density at radius 1 is 1.20 bits per heavy atom. The molecular formula is C21H20ClFN4O3. The molecule has 0 bridgehead atoms. The molecule has 3 aromatic rings. The number of esters is 1. The van der Waals surface area contributed by atoms with Crippen molar-refractivity contribution in [3.63, 3.8) is 0 Å². The van der Waals surface area contributed by atoms with E-state index in [2.05, 4.69) is 10.1 Å². The first kappa shape index (κ1) is 21.6. The molecule has 30 heavy (non-hydrogen) atoms. The first-order valence-corrected chi connectivity index (χ1v) is 9.71. The Balaban J connectivity index is 1.89. The van der Waals surface area contributed by atoms with Crippen molar-refractivity contribution in [1.29, 1.82) is 0 Å². The fourth-order valence-corrected chi connectivity index (χ4v) is 3.08. The summed E-state index contributed by atoms with van der Waals surface area (Å²) in [4.78, 5) is 28.8. The number of benzene rings is 1. The van der Waals surface area contributed by atoms with Crippen molar-refractivity contribution < 1.29 is 18.7 Å². The summed E-state index contributed by atoms with van der Waals surface area (Å²) in [6, 6.07) is 5.43. The number of rotatable bonds is 7. The van der Waals surface area contributed by atoms with Crippen LogP contribution in [0, 0.1) is 5.82 Å². The Morgan fingerprint density at radius 3 is 2.60 bits per heavy atom. The van der Waals surface area contributed by atoms with E-state index in [1.54, 1.807) is 6.92 Å². The molecule has 7 nitrogen and oxygen atoms in total. The molecule has 0 aliphatic rings. The summed E-state index contributed by atoms with van der Waals surface area (Å²) in [7, 11) is 0. The van der Waals surface area contributed by atoms with Crippen LogP contribution in [-0.2, 0) is 4.74 Å². The summed E-state index contributed by atoms with van der Waals surface area (Å²) in [5, 5.41) is 4.06. The highest BCUT2D eigenvalue weighted by Crippen LogP contribution is 2.28. The molecule has 2 heterocycles. The van der Waals surface area contributed by atoms with E-state index in [0.717, 1.165) is 0 Å². The predicted molar refractivity (Wildman–Crippen MR) is 109 cm³/mol. The fraction of sp³-hybridized carbons (Fsp3) is 0.238. The van der Waals surface area contributed by atoms with Crippen LogP contribution in [0.25, 0.3) is 5.82 Å². The van der Waals surface area contributed by atoms with E-state index in [4.69, 9.17) is 22.1 Å². The Hall–Kier alpha value is -3.10. The number of hydrogen-bond acceptors (Lipinski definition) is 6. The number of carbonyl (C=O) groups is 2. The Bertz CT molecular complexity index is 1080. The number of halogens is 2. The maximum Gasteiger partial charge on any atom is 0.341 e. The van der Waals surface area contributed by atoms with Gasteiger partial charge >= 0.3 is 5.97 Å². The van der Waals surface area contributed by atoms with Crippen LogP contribution in [0.2, 0.25) is 5.02 Å². The van der Waals surface area contributed by atoms with E-state index in [1.165, 1.54) is 47.5 Å². The maximum atomic E-state index is 14.9. The molecule has 0 saturated carbocycles. The van der Waals surface area contributed by atoms with Crippen LogP contribution in [0.15, 0.2) is 42.9 Å². The molecule has 9 heteroatoms. The molecule has 0 aliphatic carbocycles. The monoisotopic (exact) mass is 430 g/mol. The van der Waals surface area contributed by atoms with E-state index in [9.17, 15) is 14.0 Å². The normalized spacial score (nSPS) is 11.9. The number of nitrogens with zero attached hydrogens (tertiary/aromatic N) is 3.